The molecule has 3 rings (SSSR count). The third-order valence-electron chi connectivity index (χ3n) is 3.67. The molecule has 0 saturated heterocycles. The van der Waals surface area contributed by atoms with Crippen molar-refractivity contribution in [1.29, 1.82) is 0 Å². The van der Waals surface area contributed by atoms with Crippen LogP contribution in [0.1, 0.15) is 42.8 Å². The van der Waals surface area contributed by atoms with Crippen LogP contribution in [0.15, 0.2) is 11.6 Å². The molecule has 0 amide bonds. The highest BCUT2D eigenvalue weighted by molar-refractivity contribution is 7.09. The summed E-state index contributed by atoms with van der Waals surface area (Å²) in [6.45, 7) is 7.06. The summed E-state index contributed by atoms with van der Waals surface area (Å²) < 4.78 is 4.22. The van der Waals surface area contributed by atoms with Gasteiger partial charge in [0.1, 0.15) is 16.3 Å². The van der Waals surface area contributed by atoms with Crippen LogP contribution in [0.2, 0.25) is 0 Å². The number of fused-ring (bicyclic) bond motifs is 1. The Morgan fingerprint density at radius 3 is 2.76 bits per heavy atom. The summed E-state index contributed by atoms with van der Waals surface area (Å²) in [7, 11) is 0. The lowest BCUT2D eigenvalue weighted by molar-refractivity contribution is 0.538. The summed E-state index contributed by atoms with van der Waals surface area (Å²) in [6, 6.07) is 0.158. The number of aryl methyl sites for hydroxylation is 2. The maximum absolute atomic E-state index is 6.14. The Labute approximate surface area is 132 Å². The van der Waals surface area contributed by atoms with Crippen molar-refractivity contribution in [3.05, 3.63) is 28.1 Å². The lowest BCUT2D eigenvalue weighted by atomic mass is 10.2. The Balaban J connectivity index is 2.28. The van der Waals surface area contributed by atoms with Gasteiger partial charge in [-0.3, -0.25) is 0 Å². The Kier molecular flexibility index (Phi) is 3.99. The highest BCUT2D eigenvalue weighted by Gasteiger charge is 2.24. The number of thiazole rings is 1. The van der Waals surface area contributed by atoms with E-state index in [1.165, 1.54) is 0 Å². The Morgan fingerprint density at radius 2 is 2.19 bits per heavy atom. The van der Waals surface area contributed by atoms with Gasteiger partial charge in [0.05, 0.1) is 17.6 Å². The zero-order chi connectivity index (χ0) is 15.0. The second-order valence-electron chi connectivity index (χ2n) is 4.90. The lowest BCUT2D eigenvalue weighted by Gasteiger charge is -2.18. The Bertz CT molecular complexity index is 743. The van der Waals surface area contributed by atoms with Crippen molar-refractivity contribution in [3.8, 4) is 0 Å². The molecule has 1 unspecified atom stereocenters. The zero-order valence-electron chi connectivity index (χ0n) is 12.4. The summed E-state index contributed by atoms with van der Waals surface area (Å²) in [5.41, 5.74) is 2.95. The van der Waals surface area contributed by atoms with Crippen molar-refractivity contribution >= 4 is 34.1 Å². The van der Waals surface area contributed by atoms with E-state index in [-0.39, 0.29) is 6.04 Å². The molecule has 112 valence electrons. The van der Waals surface area contributed by atoms with Gasteiger partial charge in [-0.25, -0.2) is 14.6 Å². The van der Waals surface area contributed by atoms with Crippen LogP contribution < -0.4 is 0 Å². The molecule has 0 aliphatic carbocycles. The SMILES string of the molecule is CCC(c1nccs1)n1c(CCl)nc2c(C)nn(CC)c21. The monoisotopic (exact) mass is 323 g/mol. The molecule has 21 heavy (non-hydrogen) atoms. The smallest absolute Gasteiger partial charge is 0.159 e. The van der Waals surface area contributed by atoms with E-state index in [4.69, 9.17) is 16.6 Å². The lowest BCUT2D eigenvalue weighted by Crippen LogP contribution is -2.15. The third kappa shape index (κ3) is 2.26. The molecule has 0 aliphatic heterocycles. The fraction of sp³-hybridized carbons (Fsp3) is 0.500. The number of alkyl halides is 1. The molecule has 0 fully saturated rings. The van der Waals surface area contributed by atoms with Gasteiger partial charge in [0.2, 0.25) is 0 Å². The van der Waals surface area contributed by atoms with Gasteiger partial charge in [-0.15, -0.1) is 22.9 Å². The van der Waals surface area contributed by atoms with Crippen LogP contribution in [0.3, 0.4) is 0 Å². The summed E-state index contributed by atoms with van der Waals surface area (Å²) in [6.07, 6.45) is 2.79. The van der Waals surface area contributed by atoms with Gasteiger partial charge < -0.3 is 4.57 Å². The first-order valence-electron chi connectivity index (χ1n) is 7.10. The largest absolute Gasteiger partial charge is 0.302 e. The first kappa shape index (κ1) is 14.5. The molecule has 5 nitrogen and oxygen atoms in total. The van der Waals surface area contributed by atoms with Crippen molar-refractivity contribution in [2.45, 2.75) is 45.7 Å². The minimum absolute atomic E-state index is 0.158. The summed E-state index contributed by atoms with van der Waals surface area (Å²) in [4.78, 5) is 9.19. The first-order chi connectivity index (χ1) is 10.2. The fourth-order valence-electron chi connectivity index (χ4n) is 2.74. The molecular weight excluding hydrogens is 306 g/mol. The van der Waals surface area contributed by atoms with E-state index in [1.54, 1.807) is 11.3 Å². The van der Waals surface area contributed by atoms with Crippen LogP contribution in [0, 0.1) is 6.92 Å². The van der Waals surface area contributed by atoms with Crippen LogP contribution in [0.5, 0.6) is 0 Å². The number of aromatic nitrogens is 5. The zero-order valence-corrected chi connectivity index (χ0v) is 13.9. The molecule has 0 spiro atoms. The standard InChI is InChI=1S/C14H18ClN5S/c1-4-10(13-16-6-7-21-13)20-11(8-15)17-12-9(3)18-19(5-2)14(12)20/h6-7,10H,4-5,8H2,1-3H3. The molecule has 0 aliphatic rings. The maximum Gasteiger partial charge on any atom is 0.159 e. The van der Waals surface area contributed by atoms with Crippen LogP contribution in [0.25, 0.3) is 11.2 Å². The minimum atomic E-state index is 0.158. The molecule has 0 saturated carbocycles. The molecular formula is C14H18ClN5S. The molecule has 1 atom stereocenters. The molecule has 3 heterocycles. The molecule has 0 radical (unpaired) electrons. The second kappa shape index (κ2) is 5.77. The number of hydrogen-bond acceptors (Lipinski definition) is 4. The highest BCUT2D eigenvalue weighted by Crippen LogP contribution is 2.31. The topological polar surface area (TPSA) is 48.5 Å². The van der Waals surface area contributed by atoms with Gasteiger partial charge in [-0.1, -0.05) is 6.92 Å². The number of rotatable bonds is 5. The molecule has 0 aromatic carbocycles. The normalized spacial score (nSPS) is 13.1. The van der Waals surface area contributed by atoms with Crippen molar-refractivity contribution in [1.82, 2.24) is 24.3 Å². The quantitative estimate of drug-likeness (QED) is 0.672. The van der Waals surface area contributed by atoms with Gasteiger partial charge in [0.15, 0.2) is 5.65 Å². The molecule has 3 aromatic rings. The van der Waals surface area contributed by atoms with E-state index >= 15 is 0 Å². The maximum atomic E-state index is 6.14. The number of halogens is 1. The predicted molar refractivity (Wildman–Crippen MR) is 86.0 cm³/mol. The molecule has 0 bridgehead atoms. The van der Waals surface area contributed by atoms with Crippen LogP contribution in [-0.2, 0) is 12.4 Å². The van der Waals surface area contributed by atoms with Crippen molar-refractivity contribution in [2.75, 3.05) is 0 Å². The summed E-state index contributed by atoms with van der Waals surface area (Å²) in [5, 5.41) is 7.67. The van der Waals surface area contributed by atoms with Crippen LogP contribution in [-0.4, -0.2) is 24.3 Å². The second-order valence-corrected chi connectivity index (χ2v) is 6.09. The van der Waals surface area contributed by atoms with Gasteiger partial charge in [0, 0.05) is 18.1 Å². The van der Waals surface area contributed by atoms with E-state index in [1.807, 2.05) is 23.2 Å². The fourth-order valence-corrected chi connectivity index (χ4v) is 3.74. The van der Waals surface area contributed by atoms with E-state index in [0.717, 1.165) is 40.7 Å². The van der Waals surface area contributed by atoms with Gasteiger partial charge in [-0.2, -0.15) is 5.10 Å². The van der Waals surface area contributed by atoms with Gasteiger partial charge in [-0.05, 0) is 20.3 Å². The third-order valence-corrected chi connectivity index (χ3v) is 4.79. The first-order valence-corrected chi connectivity index (χ1v) is 8.52. The summed E-state index contributed by atoms with van der Waals surface area (Å²) >= 11 is 7.81. The molecule has 0 N–H and O–H groups in total. The van der Waals surface area contributed by atoms with E-state index in [2.05, 4.69) is 28.5 Å². The van der Waals surface area contributed by atoms with E-state index in [0.29, 0.717) is 5.88 Å². The molecule has 7 heteroatoms. The minimum Gasteiger partial charge on any atom is -0.302 e. The van der Waals surface area contributed by atoms with Crippen molar-refractivity contribution in [2.24, 2.45) is 0 Å². The number of imidazole rings is 1. The van der Waals surface area contributed by atoms with E-state index in [9.17, 15) is 0 Å². The highest BCUT2D eigenvalue weighted by atomic mass is 35.5. The van der Waals surface area contributed by atoms with Crippen LogP contribution >= 0.6 is 22.9 Å². The Morgan fingerprint density at radius 1 is 1.38 bits per heavy atom. The Hall–Kier alpha value is -1.40. The van der Waals surface area contributed by atoms with Gasteiger partial charge in [0.25, 0.3) is 0 Å². The van der Waals surface area contributed by atoms with E-state index < -0.39 is 0 Å². The predicted octanol–water partition coefficient (Wildman–Crippen LogP) is 3.76. The average molecular weight is 324 g/mol. The number of hydrogen-bond donors (Lipinski definition) is 0. The van der Waals surface area contributed by atoms with Crippen LogP contribution in [0.4, 0.5) is 0 Å². The van der Waals surface area contributed by atoms with Gasteiger partial charge >= 0.3 is 0 Å². The van der Waals surface area contributed by atoms with Crippen molar-refractivity contribution in [3.63, 3.8) is 0 Å². The average Bonchev–Trinajstić information content (AvgIpc) is 3.18. The molecule has 3 aromatic heterocycles. The van der Waals surface area contributed by atoms with Crippen molar-refractivity contribution < 1.29 is 0 Å². The summed E-state index contributed by atoms with van der Waals surface area (Å²) in [5.74, 6) is 1.27. The number of nitrogens with zero attached hydrogens (tertiary/aromatic N) is 5.